The Morgan fingerprint density at radius 2 is 0.475 bits per heavy atom. The largest absolute Gasteiger partial charge is 0.508 e. The number of hydrogen-bond acceptors (Lipinski definition) is 23. The summed E-state index contributed by atoms with van der Waals surface area (Å²) in [5.41, 5.74) is 22.5. The maximum absolute atomic E-state index is 9.45. The van der Waals surface area contributed by atoms with Crippen LogP contribution in [0.15, 0.2) is 389 Å². The average Bonchev–Trinajstić information content (AvgIpc) is 1.60. The summed E-state index contributed by atoms with van der Waals surface area (Å²) in [5, 5.41) is 53.9. The molecule has 0 radical (unpaired) electrons. The highest BCUT2D eigenvalue weighted by atomic mass is 35.5. The first-order chi connectivity index (χ1) is 66.2. The van der Waals surface area contributed by atoms with Crippen molar-refractivity contribution < 1.29 is 25.2 Å². The number of hydrogen-bond donors (Lipinski definition) is 4. The average molecular weight is 2120 g/mol. The molecule has 12 heterocycles. The molecule has 12 aliphatic heterocycles. The van der Waals surface area contributed by atoms with Crippen LogP contribution in [0.5, 0.6) is 28.7 Å². The minimum atomic E-state index is 0. The van der Waals surface area contributed by atoms with Crippen LogP contribution in [0, 0.1) is 0 Å². The molecule has 726 valence electrons. The Hall–Kier alpha value is -10.6. The maximum Gasteiger partial charge on any atom is 0.168 e. The van der Waals surface area contributed by atoms with E-state index in [0.29, 0.717) is 59.2 Å². The van der Waals surface area contributed by atoms with Gasteiger partial charge < -0.3 is 54.6 Å². The fourth-order valence-corrected chi connectivity index (χ4v) is 24.4. The van der Waals surface area contributed by atoms with E-state index < -0.39 is 0 Å². The third kappa shape index (κ3) is 25.8. The number of halogens is 1. The van der Waals surface area contributed by atoms with Gasteiger partial charge in [-0.15, -0.1) is 0 Å². The number of nitrogens with zero attached hydrogens (tertiary/aromatic N) is 12. The van der Waals surface area contributed by atoms with Crippen LogP contribution in [0.25, 0.3) is 34.2 Å². The molecule has 24 rings (SSSR count). The Labute approximate surface area is 899 Å². The molecule has 30 heteroatoms. The lowest BCUT2D eigenvalue weighted by molar-refractivity contribution is 0.414. The van der Waals surface area contributed by atoms with Gasteiger partial charge in [0.1, 0.15) is 28.7 Å². The predicted molar refractivity (Wildman–Crippen MR) is 630 cm³/mol. The highest BCUT2D eigenvalue weighted by Crippen LogP contribution is 2.48. The van der Waals surface area contributed by atoms with Gasteiger partial charge in [0.25, 0.3) is 0 Å². The second kappa shape index (κ2) is 51.1. The highest BCUT2D eigenvalue weighted by molar-refractivity contribution is 8.18. The second-order valence-corrected chi connectivity index (χ2v) is 40.1. The van der Waals surface area contributed by atoms with Crippen molar-refractivity contribution in [2.45, 2.75) is 88.6 Å². The van der Waals surface area contributed by atoms with Crippen molar-refractivity contribution in [2.75, 3.05) is 46.4 Å². The lowest BCUT2D eigenvalue weighted by atomic mass is 10.0. The molecule has 0 saturated carbocycles. The van der Waals surface area contributed by atoms with E-state index >= 15 is 0 Å². The first kappa shape index (κ1) is 108. The number of allylic oxidation sites excluding steroid dienone is 2. The van der Waals surface area contributed by atoms with Crippen LogP contribution in [0.1, 0.15) is 80.6 Å². The summed E-state index contributed by atoms with van der Waals surface area (Å²) >= 11 is 16.4. The molecule has 12 aliphatic rings. The van der Waals surface area contributed by atoms with Gasteiger partial charge in [0.05, 0.1) is 117 Å². The number of rotatable bonds is 19. The maximum atomic E-state index is 9.45. The number of amidine groups is 6. The molecule has 12 aromatic carbocycles. The van der Waals surface area contributed by atoms with Crippen molar-refractivity contribution in [1.82, 2.24) is 29.4 Å². The molecule has 6 atom stereocenters. The zero-order valence-electron chi connectivity index (χ0n) is 77.8. The number of aliphatic imine (C=N–C) groups is 6. The van der Waals surface area contributed by atoms with Gasteiger partial charge in [0.2, 0.25) is 0 Å². The molecule has 0 spiro atoms. The first-order valence-electron chi connectivity index (χ1n) is 45.3. The van der Waals surface area contributed by atoms with Gasteiger partial charge in [0, 0.05) is 36.5 Å². The Morgan fingerprint density at radius 1 is 0.262 bits per heavy atom. The van der Waals surface area contributed by atoms with Gasteiger partial charge in [0.15, 0.2) is 31.0 Å². The molecular formula is C111H113ClN12O5S12. The fraction of sp³-hybridized carbons (Fsp3) is 0.189. The number of aromatic hydroxyl groups is 4. The van der Waals surface area contributed by atoms with Gasteiger partial charge in [-0.25, -0.2) is 0 Å². The fourth-order valence-electron chi connectivity index (χ4n) is 18.3. The Morgan fingerprint density at radius 3 is 0.730 bits per heavy atom. The van der Waals surface area contributed by atoms with E-state index in [1.54, 1.807) is 114 Å². The van der Waals surface area contributed by atoms with Gasteiger partial charge in [-0.3, -0.25) is 30.0 Å². The first-order valence-corrected chi connectivity index (χ1v) is 50.8. The minimum Gasteiger partial charge on any atom is -0.508 e. The summed E-state index contributed by atoms with van der Waals surface area (Å²) < 4.78 is 5.25. The number of phenols is 4. The summed E-state index contributed by atoms with van der Waals surface area (Å²) in [4.78, 5) is 45.1. The van der Waals surface area contributed by atoms with Crippen molar-refractivity contribution in [1.29, 1.82) is 0 Å². The van der Waals surface area contributed by atoms with E-state index in [-0.39, 0.29) is 81.0 Å². The molecule has 0 saturated heterocycles. The van der Waals surface area contributed by atoms with Gasteiger partial charge in [-0.2, -0.15) is 81.0 Å². The molecule has 0 amide bonds. The number of fused-ring (bicyclic) bond motifs is 6. The van der Waals surface area contributed by atoms with Crippen LogP contribution in [-0.4, -0.2) is 163 Å². The summed E-state index contributed by atoms with van der Waals surface area (Å²) in [5.74, 6) is 2.09. The Bertz CT molecular complexity index is 6620. The normalized spacial score (nSPS) is 19.0. The van der Waals surface area contributed by atoms with Crippen molar-refractivity contribution in [3.05, 3.63) is 431 Å². The quantitative estimate of drug-likeness (QED) is 0.0599. The van der Waals surface area contributed by atoms with Crippen LogP contribution in [0.4, 0.5) is 0 Å². The topological polar surface area (TPSA) is 184 Å². The Balaban J connectivity index is 0.000000141. The summed E-state index contributed by atoms with van der Waals surface area (Å²) in [6.07, 6.45) is 5.74. The lowest BCUT2D eigenvalue weighted by Gasteiger charge is -2.26. The number of phenolic OH excluding ortho intramolecular Hbond substituents is 4. The van der Waals surface area contributed by atoms with E-state index in [1.165, 1.54) is 105 Å². The summed E-state index contributed by atoms with van der Waals surface area (Å²) in [6.45, 7) is 9.41. The minimum absolute atomic E-state index is 0. The van der Waals surface area contributed by atoms with E-state index in [4.69, 9.17) is 31.3 Å². The molecular weight excluding hydrogens is 2000 g/mol. The predicted octanol–water partition coefficient (Wildman–Crippen LogP) is 25.0. The molecule has 0 aromatic heterocycles. The molecule has 0 unspecified atom stereocenters. The second-order valence-electron chi connectivity index (χ2n) is 33.9. The molecule has 17 nitrogen and oxygen atoms in total. The van der Waals surface area contributed by atoms with Crippen molar-refractivity contribution in [3.8, 4) is 28.7 Å². The van der Waals surface area contributed by atoms with Crippen LogP contribution in [0.2, 0.25) is 5.02 Å². The standard InChI is InChI=1S/C19H18N2O2S.C19H18N2OS.C19H18N2S.C18H15ClN2OS.C18H16N2OS.C18H16N2S.6H2S/c1-23-17-8-4-14(5-9-17)18-12-24-19-20-11-15(21(18)19)10-13-2-6-16(22)7-3-13;1-13-18(15-5-3-2-4-6-15)21-16(12-20-19(21)23-13)11-14-7-9-17(22)10-8-14;1-14-18(16-10-6-3-7-11-16)21-17(13-20-19(21)22-14)12-15-8-4-2-5-9-15;19-14-5-3-13(4-6-14)17-11-23-18-20-10-15(21(17)18)9-12-1-7-16(22)8-2-12;21-16-8-6-13(7-9-16)10-15-11-19-18-20(15)17(12-22-18)14-4-2-1-3-5-14;1-3-7-14(8-4-1)11-16-12-19-18-20(16)17(13-21-18)15-9-5-2-6-10-15;;;;;;/h2-9,12,15,22H,10-11H2,1H3;2-10,16,22H,11-12H2,1H3;2-11,17H,12-13H2,1H3;1-8,11,15,22H,9-10H2;1-9,12,15,21H,10-11H2;1-10,13,16H,11-12H2;6*1H2/t15-;16-;17-;2*15-;16-;;;;;;/m000000....../s1. The third-order valence-electron chi connectivity index (χ3n) is 24.8. The van der Waals surface area contributed by atoms with Gasteiger partial charge >= 0.3 is 0 Å². The van der Waals surface area contributed by atoms with Crippen molar-refractivity contribution in [3.63, 3.8) is 0 Å². The van der Waals surface area contributed by atoms with Crippen LogP contribution in [0.3, 0.4) is 0 Å². The van der Waals surface area contributed by atoms with Gasteiger partial charge in [-0.05, 0) is 204 Å². The number of ether oxygens (including phenoxy) is 1. The summed E-state index contributed by atoms with van der Waals surface area (Å²) in [6, 6.07) is 112. The van der Waals surface area contributed by atoms with Crippen LogP contribution >= 0.6 is 163 Å². The zero-order valence-corrected chi connectivity index (χ0v) is 89.5. The number of benzene rings is 12. The summed E-state index contributed by atoms with van der Waals surface area (Å²) in [7, 11) is 1.68. The van der Waals surface area contributed by atoms with E-state index in [9.17, 15) is 20.4 Å². The van der Waals surface area contributed by atoms with Gasteiger partial charge in [-0.1, -0.05) is 325 Å². The van der Waals surface area contributed by atoms with Crippen LogP contribution in [-0.2, 0) is 38.5 Å². The van der Waals surface area contributed by atoms with E-state index in [1.807, 2.05) is 109 Å². The molecule has 141 heavy (non-hydrogen) atoms. The van der Waals surface area contributed by atoms with Crippen molar-refractivity contribution in [2.24, 2.45) is 30.0 Å². The molecule has 0 bridgehead atoms. The number of methoxy groups -OCH3 is 1. The monoisotopic (exact) mass is 2110 g/mol. The Kier molecular flexibility index (Phi) is 39.0. The molecule has 4 N–H and O–H groups in total. The third-order valence-corrected chi connectivity index (χ3v) is 30.6. The number of thioether (sulfide) groups is 6. The van der Waals surface area contributed by atoms with E-state index in [2.05, 4.69) is 262 Å². The van der Waals surface area contributed by atoms with E-state index in [0.717, 1.165) is 125 Å². The highest BCUT2D eigenvalue weighted by Gasteiger charge is 2.43. The molecule has 0 aliphatic carbocycles. The SMILES string of the molecule is C1=C(c2ccccc2)N2C(=NC[C@@H]2Cc2ccccc2)S1.CC1=C(c2ccccc2)N2C(=NC[C@@H]2Cc2ccc(O)cc2)S1.CC1=C(c2ccccc2)N2C(=NC[C@@H]2Cc2ccccc2)S1.COc1ccc(C2=CSC3=NC[C@H](Cc4ccc(O)cc4)N23)cc1.Oc1ccc(C[C@H]2CN=C3SC=C(c4ccc(Cl)cc4)N32)cc1.Oc1ccc(C[C@H]2CN=C3SC=C(c4ccccc4)N32)cc1.S.S.S.S.S.S. The van der Waals surface area contributed by atoms with Crippen LogP contribution < -0.4 is 4.74 Å². The molecule has 12 aromatic rings. The lowest BCUT2D eigenvalue weighted by Crippen LogP contribution is -2.33. The van der Waals surface area contributed by atoms with Crippen molar-refractivity contribution >= 4 is 228 Å². The molecule has 0 fully saturated rings. The smallest absolute Gasteiger partial charge is 0.168 e. The zero-order chi connectivity index (χ0) is 92.1.